The number of nitrogens with two attached hydrogens (primary N) is 1. The number of carbonyl (C=O) groups excluding carboxylic acids is 1. The Kier molecular flexibility index (Phi) is 3.33. The molecule has 5 nitrogen and oxygen atoms in total. The lowest BCUT2D eigenvalue weighted by Crippen LogP contribution is -2.36. The van der Waals surface area contributed by atoms with Crippen molar-refractivity contribution in [2.75, 3.05) is 30.4 Å². The van der Waals surface area contributed by atoms with Crippen molar-refractivity contribution < 1.29 is 14.3 Å². The van der Waals surface area contributed by atoms with Crippen LogP contribution < -0.4 is 20.1 Å². The van der Waals surface area contributed by atoms with Crippen LogP contribution in [0.5, 0.6) is 11.5 Å². The van der Waals surface area contributed by atoms with E-state index < -0.39 is 0 Å². The van der Waals surface area contributed by atoms with E-state index in [1.807, 2.05) is 30.3 Å². The molecule has 23 heavy (non-hydrogen) atoms. The number of carbonyl (C=O) groups is 1. The molecule has 2 aliphatic heterocycles. The molecule has 0 fully saturated rings. The van der Waals surface area contributed by atoms with Crippen LogP contribution in [-0.2, 0) is 6.42 Å². The van der Waals surface area contributed by atoms with Gasteiger partial charge in [-0.1, -0.05) is 12.1 Å². The van der Waals surface area contributed by atoms with E-state index in [9.17, 15) is 4.79 Å². The van der Waals surface area contributed by atoms with Crippen LogP contribution in [0.4, 0.5) is 11.4 Å². The van der Waals surface area contributed by atoms with Crippen LogP contribution in [0, 0.1) is 0 Å². The fourth-order valence-electron chi connectivity index (χ4n) is 3.25. The van der Waals surface area contributed by atoms with E-state index in [1.54, 1.807) is 11.0 Å². The van der Waals surface area contributed by atoms with Gasteiger partial charge in [0.2, 0.25) is 0 Å². The Balaban J connectivity index is 1.76. The zero-order valence-corrected chi connectivity index (χ0v) is 12.7. The lowest BCUT2D eigenvalue weighted by Gasteiger charge is -2.31. The molecule has 0 unspecified atom stereocenters. The van der Waals surface area contributed by atoms with Crippen molar-refractivity contribution in [3.63, 3.8) is 0 Å². The number of anilines is 2. The third-order valence-electron chi connectivity index (χ3n) is 4.33. The molecule has 2 aliphatic rings. The SMILES string of the molecule is Nc1cccc2c1CCCN2C(=O)c1cccc2c1OCCO2. The number of fused-ring (bicyclic) bond motifs is 2. The molecular formula is C18H18N2O3. The maximum Gasteiger partial charge on any atom is 0.262 e. The second kappa shape index (κ2) is 5.50. The van der Waals surface area contributed by atoms with Crippen LogP contribution in [0.15, 0.2) is 36.4 Å². The lowest BCUT2D eigenvalue weighted by molar-refractivity contribution is 0.0974. The average molecular weight is 310 g/mol. The first-order chi connectivity index (χ1) is 11.3. The molecule has 0 aromatic heterocycles. The summed E-state index contributed by atoms with van der Waals surface area (Å²) in [7, 11) is 0. The van der Waals surface area contributed by atoms with Gasteiger partial charge >= 0.3 is 0 Å². The summed E-state index contributed by atoms with van der Waals surface area (Å²) < 4.78 is 11.3. The summed E-state index contributed by atoms with van der Waals surface area (Å²) in [5.74, 6) is 1.10. The van der Waals surface area contributed by atoms with Crippen molar-refractivity contribution in [2.24, 2.45) is 0 Å². The topological polar surface area (TPSA) is 64.8 Å². The Morgan fingerprint density at radius 3 is 2.83 bits per heavy atom. The zero-order chi connectivity index (χ0) is 15.8. The predicted molar refractivity (Wildman–Crippen MR) is 88.3 cm³/mol. The molecule has 2 aromatic carbocycles. The van der Waals surface area contributed by atoms with Crippen molar-refractivity contribution in [3.05, 3.63) is 47.5 Å². The molecule has 0 atom stereocenters. The second-order valence-electron chi connectivity index (χ2n) is 5.74. The van der Waals surface area contributed by atoms with Crippen LogP contribution >= 0.6 is 0 Å². The largest absolute Gasteiger partial charge is 0.486 e. The van der Waals surface area contributed by atoms with Crippen molar-refractivity contribution >= 4 is 17.3 Å². The van der Waals surface area contributed by atoms with Crippen LogP contribution in [0.2, 0.25) is 0 Å². The Labute approximate surface area is 134 Å². The smallest absolute Gasteiger partial charge is 0.262 e. The quantitative estimate of drug-likeness (QED) is 0.822. The molecule has 118 valence electrons. The van der Waals surface area contributed by atoms with Crippen molar-refractivity contribution in [1.82, 2.24) is 0 Å². The molecular weight excluding hydrogens is 292 g/mol. The number of nitrogens with zero attached hydrogens (tertiary/aromatic N) is 1. The number of hydrogen-bond donors (Lipinski definition) is 1. The molecule has 0 saturated carbocycles. The fourth-order valence-corrected chi connectivity index (χ4v) is 3.25. The summed E-state index contributed by atoms with van der Waals surface area (Å²) in [5, 5.41) is 0. The molecule has 2 aromatic rings. The lowest BCUT2D eigenvalue weighted by atomic mass is 9.99. The molecule has 0 saturated heterocycles. The molecule has 0 bridgehead atoms. The van der Waals surface area contributed by atoms with Gasteiger partial charge in [0, 0.05) is 17.9 Å². The standard InChI is InChI=1S/C18H18N2O3/c19-14-6-2-7-15-12(14)5-3-9-20(15)18(21)13-4-1-8-16-17(13)23-11-10-22-16/h1-2,4,6-8H,3,5,9-11,19H2. The maximum atomic E-state index is 13.1. The molecule has 0 aliphatic carbocycles. The minimum atomic E-state index is -0.0705. The van der Waals surface area contributed by atoms with E-state index in [0.717, 1.165) is 29.8 Å². The summed E-state index contributed by atoms with van der Waals surface area (Å²) in [5.41, 5.74) is 9.30. The second-order valence-corrected chi connectivity index (χ2v) is 5.74. The van der Waals surface area contributed by atoms with Crippen LogP contribution in [-0.4, -0.2) is 25.7 Å². The number of ether oxygens (including phenoxy) is 2. The van der Waals surface area contributed by atoms with Gasteiger partial charge in [-0.05, 0) is 42.7 Å². The van der Waals surface area contributed by atoms with Crippen LogP contribution in [0.1, 0.15) is 22.3 Å². The molecule has 2 heterocycles. The minimum Gasteiger partial charge on any atom is -0.486 e. The maximum absolute atomic E-state index is 13.1. The molecule has 4 rings (SSSR count). The van der Waals surface area contributed by atoms with Gasteiger partial charge in [-0.2, -0.15) is 0 Å². The number of benzene rings is 2. The minimum absolute atomic E-state index is 0.0705. The summed E-state index contributed by atoms with van der Waals surface area (Å²) in [4.78, 5) is 14.9. The highest BCUT2D eigenvalue weighted by atomic mass is 16.6. The summed E-state index contributed by atoms with van der Waals surface area (Å²) in [6, 6.07) is 11.2. The first-order valence-electron chi connectivity index (χ1n) is 7.83. The van der Waals surface area contributed by atoms with E-state index in [2.05, 4.69) is 0 Å². The van der Waals surface area contributed by atoms with Gasteiger partial charge in [-0.3, -0.25) is 4.79 Å². The molecule has 0 spiro atoms. The highest BCUT2D eigenvalue weighted by Gasteiger charge is 2.28. The third kappa shape index (κ3) is 2.29. The van der Waals surface area contributed by atoms with Crippen LogP contribution in [0.3, 0.4) is 0 Å². The third-order valence-corrected chi connectivity index (χ3v) is 4.33. The Morgan fingerprint density at radius 1 is 1.09 bits per heavy atom. The molecule has 1 amide bonds. The summed E-state index contributed by atoms with van der Waals surface area (Å²) in [6.45, 7) is 1.65. The van der Waals surface area contributed by atoms with Crippen molar-refractivity contribution in [3.8, 4) is 11.5 Å². The van der Waals surface area contributed by atoms with E-state index in [1.165, 1.54) is 0 Å². The number of amides is 1. The van der Waals surface area contributed by atoms with Crippen molar-refractivity contribution in [2.45, 2.75) is 12.8 Å². The zero-order valence-electron chi connectivity index (χ0n) is 12.7. The van der Waals surface area contributed by atoms with E-state index in [4.69, 9.17) is 15.2 Å². The fraction of sp³-hybridized carbons (Fsp3) is 0.278. The van der Waals surface area contributed by atoms with Gasteiger partial charge in [0.05, 0.1) is 5.56 Å². The van der Waals surface area contributed by atoms with Gasteiger partial charge < -0.3 is 20.1 Å². The average Bonchev–Trinajstić information content (AvgIpc) is 2.60. The van der Waals surface area contributed by atoms with Crippen LogP contribution in [0.25, 0.3) is 0 Å². The van der Waals surface area contributed by atoms with E-state index in [-0.39, 0.29) is 5.91 Å². The monoisotopic (exact) mass is 310 g/mol. The van der Waals surface area contributed by atoms with Gasteiger partial charge in [-0.15, -0.1) is 0 Å². The molecule has 0 radical (unpaired) electrons. The van der Waals surface area contributed by atoms with Gasteiger partial charge in [0.15, 0.2) is 11.5 Å². The van der Waals surface area contributed by atoms with Gasteiger partial charge in [0.25, 0.3) is 5.91 Å². The molecule has 5 heteroatoms. The number of nitrogen functional groups attached to an aromatic ring is 1. The first-order valence-corrected chi connectivity index (χ1v) is 7.83. The summed E-state index contributed by atoms with van der Waals surface area (Å²) >= 11 is 0. The Bertz CT molecular complexity index is 773. The van der Waals surface area contributed by atoms with E-state index >= 15 is 0 Å². The highest BCUT2D eigenvalue weighted by molar-refractivity contribution is 6.09. The van der Waals surface area contributed by atoms with E-state index in [0.29, 0.717) is 36.8 Å². The molecule has 2 N–H and O–H groups in total. The van der Waals surface area contributed by atoms with Gasteiger partial charge in [-0.25, -0.2) is 0 Å². The Morgan fingerprint density at radius 2 is 1.91 bits per heavy atom. The first kappa shape index (κ1) is 13.9. The van der Waals surface area contributed by atoms with Gasteiger partial charge in [0.1, 0.15) is 13.2 Å². The number of rotatable bonds is 1. The normalized spacial score (nSPS) is 15.9. The van der Waals surface area contributed by atoms with Crippen molar-refractivity contribution in [1.29, 1.82) is 0 Å². The number of para-hydroxylation sites is 1. The summed E-state index contributed by atoms with van der Waals surface area (Å²) in [6.07, 6.45) is 1.80. The number of hydrogen-bond acceptors (Lipinski definition) is 4. The highest BCUT2D eigenvalue weighted by Crippen LogP contribution is 2.37. The Hall–Kier alpha value is -2.69. The predicted octanol–water partition coefficient (Wildman–Crippen LogP) is 2.63.